The van der Waals surface area contributed by atoms with Gasteiger partial charge < -0.3 is 9.30 Å². The fraction of sp³-hybridized carbons (Fsp3) is 0.250. The first-order valence-corrected chi connectivity index (χ1v) is 10.6. The summed E-state index contributed by atoms with van der Waals surface area (Å²) in [6, 6.07) is 7.40. The first-order chi connectivity index (χ1) is 16.0. The van der Waals surface area contributed by atoms with Crippen LogP contribution in [0, 0.1) is 18.6 Å². The molecule has 1 atom stereocenters. The molecule has 33 heavy (non-hydrogen) atoms. The molecule has 0 spiro atoms. The van der Waals surface area contributed by atoms with Crippen LogP contribution in [0.3, 0.4) is 0 Å². The van der Waals surface area contributed by atoms with E-state index in [4.69, 9.17) is 4.74 Å². The molecule has 4 heterocycles. The molecule has 7 nitrogen and oxygen atoms in total. The highest BCUT2D eigenvalue weighted by Crippen LogP contribution is 2.33. The minimum absolute atomic E-state index is 0.199. The summed E-state index contributed by atoms with van der Waals surface area (Å²) < 4.78 is 36.6. The Morgan fingerprint density at radius 1 is 1.09 bits per heavy atom. The number of methoxy groups -OCH3 is 1. The van der Waals surface area contributed by atoms with Gasteiger partial charge in [-0.2, -0.15) is 5.10 Å². The second-order valence-corrected chi connectivity index (χ2v) is 7.97. The molecule has 1 unspecified atom stereocenters. The van der Waals surface area contributed by atoms with Crippen LogP contribution in [0.5, 0.6) is 5.88 Å². The molecule has 9 heteroatoms. The summed E-state index contributed by atoms with van der Waals surface area (Å²) in [5, 5.41) is 4.56. The predicted octanol–water partition coefficient (Wildman–Crippen LogP) is 4.55. The van der Waals surface area contributed by atoms with E-state index in [-0.39, 0.29) is 5.92 Å². The van der Waals surface area contributed by atoms with Crippen LogP contribution in [0.15, 0.2) is 42.9 Å². The van der Waals surface area contributed by atoms with Gasteiger partial charge in [0.1, 0.15) is 23.1 Å². The molecule has 1 aliphatic rings. The number of nitrogens with zero attached hydrogens (tertiary/aromatic N) is 6. The van der Waals surface area contributed by atoms with Gasteiger partial charge in [0.25, 0.3) is 0 Å². The van der Waals surface area contributed by atoms with Crippen molar-refractivity contribution in [2.45, 2.75) is 32.2 Å². The Morgan fingerprint density at radius 2 is 1.91 bits per heavy atom. The van der Waals surface area contributed by atoms with E-state index in [1.54, 1.807) is 19.5 Å². The van der Waals surface area contributed by atoms with Crippen LogP contribution in [0.2, 0.25) is 0 Å². The molecule has 5 rings (SSSR count). The van der Waals surface area contributed by atoms with Gasteiger partial charge in [-0.3, -0.25) is 0 Å². The van der Waals surface area contributed by atoms with Crippen molar-refractivity contribution in [3.63, 3.8) is 0 Å². The van der Waals surface area contributed by atoms with E-state index in [0.717, 1.165) is 36.8 Å². The summed E-state index contributed by atoms with van der Waals surface area (Å²) in [6.07, 6.45) is 8.82. The maximum Gasteiger partial charge on any atom is 0.238 e. The third kappa shape index (κ3) is 4.26. The van der Waals surface area contributed by atoms with Crippen LogP contribution < -0.4 is 4.74 Å². The molecule has 0 aliphatic carbocycles. The van der Waals surface area contributed by atoms with Gasteiger partial charge in [0.05, 0.1) is 24.8 Å². The number of aryl methyl sites for hydroxylation is 2. The molecule has 3 aromatic heterocycles. The predicted molar refractivity (Wildman–Crippen MR) is 119 cm³/mol. The van der Waals surface area contributed by atoms with Gasteiger partial charge >= 0.3 is 0 Å². The van der Waals surface area contributed by atoms with Gasteiger partial charge in [-0.15, -0.1) is 0 Å². The third-order valence-corrected chi connectivity index (χ3v) is 5.63. The highest BCUT2D eigenvalue weighted by Gasteiger charge is 2.26. The topological polar surface area (TPSA) is 70.7 Å². The minimum Gasteiger partial charge on any atom is -0.479 e. The largest absolute Gasteiger partial charge is 0.479 e. The Kier molecular flexibility index (Phi) is 5.45. The summed E-state index contributed by atoms with van der Waals surface area (Å²) in [7, 11) is 1.57. The van der Waals surface area contributed by atoms with E-state index in [1.165, 1.54) is 12.1 Å². The number of aromatic nitrogens is 6. The Bertz CT molecular complexity index is 1320. The number of benzene rings is 1. The average Bonchev–Trinajstić information content (AvgIpc) is 3.42. The van der Waals surface area contributed by atoms with Crippen LogP contribution in [0.1, 0.15) is 47.4 Å². The second-order valence-electron chi connectivity index (χ2n) is 7.97. The zero-order valence-electron chi connectivity index (χ0n) is 18.2. The van der Waals surface area contributed by atoms with Crippen LogP contribution in [0.25, 0.3) is 17.8 Å². The highest BCUT2D eigenvalue weighted by atomic mass is 19.1. The van der Waals surface area contributed by atoms with Crippen molar-refractivity contribution in [2.24, 2.45) is 0 Å². The van der Waals surface area contributed by atoms with Crippen molar-refractivity contribution in [1.82, 2.24) is 29.3 Å². The van der Waals surface area contributed by atoms with E-state index in [1.807, 2.05) is 40.6 Å². The van der Waals surface area contributed by atoms with Crippen LogP contribution in [-0.4, -0.2) is 36.4 Å². The summed E-state index contributed by atoms with van der Waals surface area (Å²) in [5.41, 5.74) is 2.95. The van der Waals surface area contributed by atoms with E-state index >= 15 is 0 Å². The quantitative estimate of drug-likeness (QED) is 0.448. The molecule has 0 N–H and O–H groups in total. The van der Waals surface area contributed by atoms with E-state index in [2.05, 4.69) is 20.1 Å². The molecule has 0 saturated heterocycles. The number of fused-ring (bicyclic) bond motifs is 1. The lowest BCUT2D eigenvalue weighted by Crippen LogP contribution is -2.18. The van der Waals surface area contributed by atoms with Gasteiger partial charge in [0.15, 0.2) is 5.82 Å². The van der Waals surface area contributed by atoms with E-state index < -0.39 is 11.6 Å². The first kappa shape index (κ1) is 21.0. The van der Waals surface area contributed by atoms with Crippen LogP contribution >= 0.6 is 0 Å². The lowest BCUT2D eigenvalue weighted by Gasteiger charge is -2.22. The second kappa shape index (κ2) is 8.57. The highest BCUT2D eigenvalue weighted by molar-refractivity contribution is 5.65. The number of pyridine rings is 1. The molecule has 0 amide bonds. The van der Waals surface area contributed by atoms with Crippen LogP contribution in [-0.2, 0) is 6.54 Å². The molecule has 168 valence electrons. The summed E-state index contributed by atoms with van der Waals surface area (Å²) in [6.45, 7) is 2.63. The van der Waals surface area contributed by atoms with Gasteiger partial charge in [0.2, 0.25) is 5.88 Å². The molecule has 0 fully saturated rings. The number of ether oxygens (including phenoxy) is 1. The summed E-state index contributed by atoms with van der Waals surface area (Å²) >= 11 is 0. The van der Waals surface area contributed by atoms with Crippen molar-refractivity contribution in [1.29, 1.82) is 0 Å². The molecular formula is C24H22F2N6O. The average molecular weight is 448 g/mol. The Balaban J connectivity index is 1.41. The van der Waals surface area contributed by atoms with Crippen molar-refractivity contribution in [3.8, 4) is 11.6 Å². The smallest absolute Gasteiger partial charge is 0.238 e. The Hall–Kier alpha value is -3.88. The molecule has 1 aliphatic heterocycles. The normalized spacial score (nSPS) is 15.7. The van der Waals surface area contributed by atoms with Gasteiger partial charge in [-0.1, -0.05) is 0 Å². The fourth-order valence-electron chi connectivity index (χ4n) is 4.13. The molecule has 1 aromatic carbocycles. The Morgan fingerprint density at radius 3 is 2.64 bits per heavy atom. The maximum absolute atomic E-state index is 13.8. The molecular weight excluding hydrogens is 426 g/mol. The lowest BCUT2D eigenvalue weighted by molar-refractivity contribution is 0.395. The summed E-state index contributed by atoms with van der Waals surface area (Å²) in [5.74, 6) is 0.327. The van der Waals surface area contributed by atoms with Gasteiger partial charge in [-0.25, -0.2) is 28.4 Å². The van der Waals surface area contributed by atoms with Gasteiger partial charge in [0, 0.05) is 24.7 Å². The Labute approximate surface area is 189 Å². The van der Waals surface area contributed by atoms with Crippen molar-refractivity contribution in [3.05, 3.63) is 83.1 Å². The standard InChI is InChI=1S/C24H22F2N6O/c1-15-13-31(14-27-15)21-7-5-19(28-24(21)33-2)6-8-22-29-23-20(4-3-9-32(23)30-22)16-10-17(25)12-18(26)11-16/h5-8,10-14,20H,3-4,9H2,1-2H3. The molecule has 0 bridgehead atoms. The lowest BCUT2D eigenvalue weighted by atomic mass is 9.91. The number of hydrogen-bond acceptors (Lipinski definition) is 5. The zero-order chi connectivity index (χ0) is 22.9. The van der Waals surface area contributed by atoms with Crippen LogP contribution in [0.4, 0.5) is 8.78 Å². The molecule has 4 aromatic rings. The fourth-order valence-corrected chi connectivity index (χ4v) is 4.13. The zero-order valence-corrected chi connectivity index (χ0v) is 18.2. The monoisotopic (exact) mass is 448 g/mol. The maximum atomic E-state index is 13.8. The van der Waals surface area contributed by atoms with Crippen molar-refractivity contribution < 1.29 is 13.5 Å². The van der Waals surface area contributed by atoms with E-state index in [9.17, 15) is 8.78 Å². The minimum atomic E-state index is -0.587. The molecule has 0 saturated carbocycles. The van der Waals surface area contributed by atoms with Crippen molar-refractivity contribution >= 4 is 12.2 Å². The number of rotatable bonds is 5. The third-order valence-electron chi connectivity index (χ3n) is 5.63. The van der Waals surface area contributed by atoms with Gasteiger partial charge in [-0.05, 0) is 61.7 Å². The first-order valence-electron chi connectivity index (χ1n) is 10.6. The number of imidazole rings is 1. The summed E-state index contributed by atoms with van der Waals surface area (Å²) in [4.78, 5) is 13.4. The number of halogens is 2. The molecule has 0 radical (unpaired) electrons. The SMILES string of the molecule is COc1nc(C=Cc2nc3n(n2)CCCC3c2cc(F)cc(F)c2)ccc1-n1cnc(C)c1. The number of hydrogen-bond donors (Lipinski definition) is 0. The van der Waals surface area contributed by atoms with Crippen molar-refractivity contribution in [2.75, 3.05) is 7.11 Å². The van der Waals surface area contributed by atoms with E-state index in [0.29, 0.717) is 28.8 Å².